The Morgan fingerprint density at radius 1 is 1.18 bits per heavy atom. The zero-order valence-electron chi connectivity index (χ0n) is 16.6. The molecule has 0 spiro atoms. The van der Waals surface area contributed by atoms with Gasteiger partial charge in [-0.3, -0.25) is 4.79 Å². The highest BCUT2D eigenvalue weighted by atomic mass is 32.2. The average Bonchev–Trinajstić information content (AvgIpc) is 3.25. The van der Waals surface area contributed by atoms with E-state index in [1.807, 2.05) is 23.1 Å². The Bertz CT molecular complexity index is 992. The minimum atomic E-state index is -0.238. The Balaban J connectivity index is 1.53. The van der Waals surface area contributed by atoms with Crippen LogP contribution in [-0.2, 0) is 24.2 Å². The number of carbonyl (C=O) groups is 1. The molecule has 1 aromatic carbocycles. The predicted molar refractivity (Wildman–Crippen MR) is 117 cm³/mol. The fraction of sp³-hybridized carbons (Fsp3) is 0.409. The fourth-order valence-corrected chi connectivity index (χ4v) is 5.88. The monoisotopic (exact) mass is 411 g/mol. The van der Waals surface area contributed by atoms with Crippen LogP contribution in [-0.4, -0.2) is 32.1 Å². The molecule has 0 aliphatic heterocycles. The van der Waals surface area contributed by atoms with Gasteiger partial charge in [0.2, 0.25) is 5.91 Å². The summed E-state index contributed by atoms with van der Waals surface area (Å²) < 4.78 is 0. The third-order valence-corrected chi connectivity index (χ3v) is 7.27. The first-order chi connectivity index (χ1) is 13.4. The van der Waals surface area contributed by atoms with Gasteiger partial charge in [-0.15, -0.1) is 11.3 Å². The molecule has 0 saturated carbocycles. The molecule has 0 atom stereocenters. The van der Waals surface area contributed by atoms with Crippen molar-refractivity contribution in [2.75, 3.05) is 5.75 Å². The molecule has 3 aromatic rings. The number of hydrogen-bond acceptors (Lipinski definition) is 5. The zero-order chi connectivity index (χ0) is 19.7. The van der Waals surface area contributed by atoms with E-state index in [1.54, 1.807) is 29.4 Å². The Hall–Kier alpha value is -1.92. The van der Waals surface area contributed by atoms with Crippen molar-refractivity contribution in [3.63, 3.8) is 0 Å². The number of thioether (sulfide) groups is 1. The van der Waals surface area contributed by atoms with Crippen LogP contribution in [0.4, 0.5) is 0 Å². The molecule has 146 valence electrons. The Morgan fingerprint density at radius 2 is 1.96 bits per heavy atom. The molecular weight excluding hydrogens is 386 g/mol. The average molecular weight is 412 g/mol. The normalized spacial score (nSPS) is 13.7. The standard InChI is InChI=1S/C22H25N3OS2/c1-22(2,3)25(12-15-8-5-4-6-9-15)18(26)13-27-20-19-16-10-7-11-17(16)28-21(19)24-14-23-20/h4-6,8-9,14H,7,10-13H2,1-3H3. The molecule has 0 radical (unpaired) electrons. The molecule has 1 amide bonds. The van der Waals surface area contributed by atoms with E-state index in [9.17, 15) is 4.79 Å². The van der Waals surface area contributed by atoms with Crippen LogP contribution < -0.4 is 0 Å². The lowest BCUT2D eigenvalue weighted by Crippen LogP contribution is -2.45. The number of carbonyl (C=O) groups excluding carboxylic acids is 1. The van der Waals surface area contributed by atoms with Crippen LogP contribution in [0.1, 0.15) is 43.2 Å². The molecule has 28 heavy (non-hydrogen) atoms. The smallest absolute Gasteiger partial charge is 0.233 e. The topological polar surface area (TPSA) is 46.1 Å². The second-order valence-corrected chi connectivity index (χ2v) is 10.2. The van der Waals surface area contributed by atoms with Gasteiger partial charge in [0.05, 0.1) is 5.75 Å². The number of fused-ring (bicyclic) bond motifs is 3. The quantitative estimate of drug-likeness (QED) is 0.433. The molecule has 1 aliphatic rings. The van der Waals surface area contributed by atoms with E-state index in [0.717, 1.165) is 28.3 Å². The second kappa shape index (κ2) is 7.84. The van der Waals surface area contributed by atoms with Gasteiger partial charge < -0.3 is 4.90 Å². The van der Waals surface area contributed by atoms with Gasteiger partial charge in [-0.2, -0.15) is 0 Å². The van der Waals surface area contributed by atoms with Crippen molar-refractivity contribution in [1.82, 2.24) is 14.9 Å². The number of thiophene rings is 1. The molecule has 1 aliphatic carbocycles. The van der Waals surface area contributed by atoms with Crippen LogP contribution >= 0.6 is 23.1 Å². The lowest BCUT2D eigenvalue weighted by molar-refractivity contribution is -0.133. The summed E-state index contributed by atoms with van der Waals surface area (Å²) in [4.78, 5) is 26.6. The van der Waals surface area contributed by atoms with Crippen molar-refractivity contribution in [3.8, 4) is 0 Å². The molecule has 6 heteroatoms. The molecule has 0 N–H and O–H groups in total. The van der Waals surface area contributed by atoms with Crippen molar-refractivity contribution in [2.24, 2.45) is 0 Å². The minimum absolute atomic E-state index is 0.139. The lowest BCUT2D eigenvalue weighted by atomic mass is 10.0. The van der Waals surface area contributed by atoms with Crippen molar-refractivity contribution in [2.45, 2.75) is 57.1 Å². The van der Waals surface area contributed by atoms with Gasteiger partial charge in [-0.25, -0.2) is 9.97 Å². The maximum atomic E-state index is 13.1. The van der Waals surface area contributed by atoms with Gasteiger partial charge in [0.15, 0.2) is 0 Å². The Kier molecular flexibility index (Phi) is 5.43. The van der Waals surface area contributed by atoms with Crippen LogP contribution in [0, 0.1) is 0 Å². The van der Waals surface area contributed by atoms with Crippen LogP contribution in [0.5, 0.6) is 0 Å². The van der Waals surface area contributed by atoms with Gasteiger partial charge in [-0.1, -0.05) is 42.1 Å². The first kappa shape index (κ1) is 19.4. The highest BCUT2D eigenvalue weighted by Crippen LogP contribution is 2.40. The number of rotatable bonds is 5. The molecule has 0 fully saturated rings. The molecule has 0 unspecified atom stereocenters. The summed E-state index contributed by atoms with van der Waals surface area (Å²) in [5.41, 5.74) is 2.32. The molecule has 4 rings (SSSR count). The molecule has 2 heterocycles. The van der Waals surface area contributed by atoms with Crippen molar-refractivity contribution in [1.29, 1.82) is 0 Å². The maximum Gasteiger partial charge on any atom is 0.233 e. The number of benzene rings is 1. The largest absolute Gasteiger partial charge is 0.333 e. The van der Waals surface area contributed by atoms with Crippen molar-refractivity contribution >= 4 is 39.2 Å². The number of hydrogen-bond donors (Lipinski definition) is 0. The summed E-state index contributed by atoms with van der Waals surface area (Å²) >= 11 is 3.34. The molecule has 0 saturated heterocycles. The molecular formula is C22H25N3OS2. The van der Waals surface area contributed by atoms with E-state index in [0.29, 0.717) is 12.3 Å². The van der Waals surface area contributed by atoms with Gasteiger partial charge in [-0.05, 0) is 51.2 Å². The lowest BCUT2D eigenvalue weighted by Gasteiger charge is -2.36. The fourth-order valence-electron chi connectivity index (χ4n) is 3.68. The number of nitrogens with zero attached hydrogens (tertiary/aromatic N) is 3. The summed E-state index contributed by atoms with van der Waals surface area (Å²) in [6.07, 6.45) is 5.09. The molecule has 0 bridgehead atoms. The summed E-state index contributed by atoms with van der Waals surface area (Å²) in [6, 6.07) is 10.2. The third-order valence-electron chi connectivity index (χ3n) is 5.09. The highest BCUT2D eigenvalue weighted by Gasteiger charge is 2.27. The van der Waals surface area contributed by atoms with Gasteiger partial charge in [0.25, 0.3) is 0 Å². The Morgan fingerprint density at radius 3 is 2.71 bits per heavy atom. The number of amides is 1. The van der Waals surface area contributed by atoms with Crippen LogP contribution in [0.3, 0.4) is 0 Å². The summed E-state index contributed by atoms with van der Waals surface area (Å²) in [5.74, 6) is 0.529. The van der Waals surface area contributed by atoms with Gasteiger partial charge in [0, 0.05) is 22.3 Å². The molecule has 4 nitrogen and oxygen atoms in total. The predicted octanol–water partition coefficient (Wildman–Crippen LogP) is 5.10. The number of aromatic nitrogens is 2. The van der Waals surface area contributed by atoms with Crippen LogP contribution in [0.2, 0.25) is 0 Å². The van der Waals surface area contributed by atoms with Crippen LogP contribution in [0.15, 0.2) is 41.7 Å². The van der Waals surface area contributed by atoms with E-state index >= 15 is 0 Å². The summed E-state index contributed by atoms with van der Waals surface area (Å²) in [7, 11) is 0. The van der Waals surface area contributed by atoms with E-state index < -0.39 is 0 Å². The Labute approximate surface area is 174 Å². The van der Waals surface area contributed by atoms with Gasteiger partial charge >= 0.3 is 0 Å². The van der Waals surface area contributed by atoms with E-state index in [4.69, 9.17) is 0 Å². The summed E-state index contributed by atoms with van der Waals surface area (Å²) in [5, 5.41) is 2.13. The van der Waals surface area contributed by atoms with Crippen molar-refractivity contribution < 1.29 is 4.79 Å². The van der Waals surface area contributed by atoms with Crippen LogP contribution in [0.25, 0.3) is 10.2 Å². The number of aryl methyl sites for hydroxylation is 2. The second-order valence-electron chi connectivity index (χ2n) is 8.14. The van der Waals surface area contributed by atoms with E-state index in [-0.39, 0.29) is 11.4 Å². The van der Waals surface area contributed by atoms with Crippen molar-refractivity contribution in [3.05, 3.63) is 52.7 Å². The summed E-state index contributed by atoms with van der Waals surface area (Å²) in [6.45, 7) is 6.89. The highest BCUT2D eigenvalue weighted by molar-refractivity contribution is 8.00. The minimum Gasteiger partial charge on any atom is -0.333 e. The SMILES string of the molecule is CC(C)(C)N(Cc1ccccc1)C(=O)CSc1ncnc2sc3c(c12)CCC3. The maximum absolute atomic E-state index is 13.1. The van der Waals surface area contributed by atoms with E-state index in [2.05, 4.69) is 42.9 Å². The zero-order valence-corrected chi connectivity index (χ0v) is 18.2. The molecule has 2 aromatic heterocycles. The first-order valence-corrected chi connectivity index (χ1v) is 11.5. The first-order valence-electron chi connectivity index (χ1n) is 9.66. The van der Waals surface area contributed by atoms with E-state index in [1.165, 1.54) is 22.2 Å². The third kappa shape index (κ3) is 3.94. The van der Waals surface area contributed by atoms with Gasteiger partial charge in [0.1, 0.15) is 16.2 Å².